The van der Waals surface area contributed by atoms with Gasteiger partial charge < -0.3 is 15.4 Å². The first-order valence-corrected chi connectivity index (χ1v) is 8.15. The van der Waals surface area contributed by atoms with Crippen LogP contribution in [0.1, 0.15) is 31.1 Å². The van der Waals surface area contributed by atoms with Crippen LogP contribution in [0.15, 0.2) is 29.9 Å². The third kappa shape index (κ3) is 3.11. The Kier molecular flexibility index (Phi) is 3.91. The van der Waals surface area contributed by atoms with Gasteiger partial charge in [0.05, 0.1) is 34.0 Å². The highest BCUT2D eigenvalue weighted by Gasteiger charge is 2.25. The lowest BCUT2D eigenvalue weighted by Gasteiger charge is -2.26. The van der Waals surface area contributed by atoms with Crippen LogP contribution < -0.4 is 5.32 Å². The average Bonchev–Trinajstić information content (AvgIpc) is 3.15. The molecule has 0 aromatic carbocycles. The second-order valence-corrected chi connectivity index (χ2v) is 6.93. The quantitative estimate of drug-likeness (QED) is 0.686. The largest absolute Gasteiger partial charge is 0.388 e. The zero-order valence-electron chi connectivity index (χ0n) is 13.1. The number of fused-ring (bicyclic) bond motifs is 1. The van der Waals surface area contributed by atoms with Gasteiger partial charge in [0.15, 0.2) is 5.65 Å². The van der Waals surface area contributed by atoms with E-state index in [1.54, 1.807) is 44.5 Å². The van der Waals surface area contributed by atoms with E-state index in [1.807, 2.05) is 17.5 Å². The number of aliphatic hydroxyl groups is 1. The first kappa shape index (κ1) is 15.6. The molecule has 0 radical (unpaired) electrons. The molecule has 1 amide bonds. The molecule has 0 spiro atoms. The van der Waals surface area contributed by atoms with Crippen LogP contribution in [0.3, 0.4) is 0 Å². The van der Waals surface area contributed by atoms with Crippen molar-refractivity contribution in [2.24, 2.45) is 0 Å². The van der Waals surface area contributed by atoms with Crippen molar-refractivity contribution in [1.29, 1.82) is 0 Å². The lowest BCUT2D eigenvalue weighted by Crippen LogP contribution is -2.47. The number of aromatic nitrogens is 3. The molecule has 3 aromatic heterocycles. The second kappa shape index (κ2) is 5.75. The molecule has 0 saturated heterocycles. The fraction of sp³-hybridized carbons (Fsp3) is 0.312. The molecule has 7 heteroatoms. The van der Waals surface area contributed by atoms with Gasteiger partial charge in [-0.15, -0.1) is 11.3 Å². The highest BCUT2D eigenvalue weighted by Crippen LogP contribution is 2.24. The molecule has 120 valence electrons. The number of carbonyl (C=O) groups excluding carboxylic acids is 1. The van der Waals surface area contributed by atoms with E-state index in [9.17, 15) is 9.90 Å². The van der Waals surface area contributed by atoms with Gasteiger partial charge >= 0.3 is 0 Å². The summed E-state index contributed by atoms with van der Waals surface area (Å²) in [5.41, 5.74) is 1.23. The molecule has 3 heterocycles. The van der Waals surface area contributed by atoms with Crippen molar-refractivity contribution in [1.82, 2.24) is 20.3 Å². The monoisotopic (exact) mass is 330 g/mol. The lowest BCUT2D eigenvalue weighted by molar-refractivity contribution is 0.0409. The molecule has 0 aliphatic rings. The van der Waals surface area contributed by atoms with Crippen molar-refractivity contribution in [2.75, 3.05) is 0 Å². The number of nitrogens with one attached hydrogen (secondary N) is 2. The standard InChI is InChI=1S/C16H18N4O2S/c1-9(16(2,3)22)19-15(21)10-7-17-14-13(10)20-11(8-18-14)12-5-4-6-23-12/h4-9,22H,1-3H3,(H,17,18)(H,19,21)/t9-/m1/s1. The van der Waals surface area contributed by atoms with Gasteiger partial charge in [0.25, 0.3) is 5.91 Å². The Bertz CT molecular complexity index is 834. The molecule has 6 nitrogen and oxygen atoms in total. The number of hydrogen-bond donors (Lipinski definition) is 3. The fourth-order valence-electron chi connectivity index (χ4n) is 2.06. The molecule has 3 rings (SSSR count). The van der Waals surface area contributed by atoms with Gasteiger partial charge in [-0.05, 0) is 32.2 Å². The van der Waals surface area contributed by atoms with Crippen LogP contribution in [0.25, 0.3) is 21.7 Å². The SMILES string of the molecule is C[C@@H](NC(=O)c1c[nH]c2ncc(-c3cccs3)nc12)C(C)(C)O. The molecule has 3 aromatic rings. The summed E-state index contributed by atoms with van der Waals surface area (Å²) in [6, 6.07) is 3.51. The summed E-state index contributed by atoms with van der Waals surface area (Å²) in [4.78, 5) is 25.3. The topological polar surface area (TPSA) is 90.9 Å². The number of H-pyrrole nitrogens is 1. The minimum absolute atomic E-state index is 0.288. The molecule has 1 atom stereocenters. The van der Waals surface area contributed by atoms with Crippen LogP contribution >= 0.6 is 11.3 Å². The lowest BCUT2D eigenvalue weighted by atomic mass is 10.0. The highest BCUT2D eigenvalue weighted by molar-refractivity contribution is 7.13. The van der Waals surface area contributed by atoms with Crippen LogP contribution in [0.5, 0.6) is 0 Å². The zero-order chi connectivity index (χ0) is 16.6. The van der Waals surface area contributed by atoms with Crippen LogP contribution in [0.4, 0.5) is 0 Å². The Labute approximate surface area is 137 Å². The van der Waals surface area contributed by atoms with E-state index in [1.165, 1.54) is 0 Å². The van der Waals surface area contributed by atoms with Gasteiger partial charge in [0.2, 0.25) is 0 Å². The van der Waals surface area contributed by atoms with Crippen molar-refractivity contribution < 1.29 is 9.90 Å². The Hall–Kier alpha value is -2.25. The highest BCUT2D eigenvalue weighted by atomic mass is 32.1. The van der Waals surface area contributed by atoms with E-state index in [2.05, 4.69) is 20.3 Å². The van der Waals surface area contributed by atoms with Crippen molar-refractivity contribution in [3.8, 4) is 10.6 Å². The van der Waals surface area contributed by atoms with Crippen molar-refractivity contribution >= 4 is 28.4 Å². The number of nitrogens with zero attached hydrogens (tertiary/aromatic N) is 2. The van der Waals surface area contributed by atoms with E-state index in [4.69, 9.17) is 0 Å². The molecule has 0 fully saturated rings. The van der Waals surface area contributed by atoms with Crippen molar-refractivity contribution in [3.05, 3.63) is 35.5 Å². The summed E-state index contributed by atoms with van der Waals surface area (Å²) in [7, 11) is 0. The number of rotatable bonds is 4. The van der Waals surface area contributed by atoms with Gasteiger partial charge in [0.1, 0.15) is 5.52 Å². The van der Waals surface area contributed by atoms with E-state index in [0.29, 0.717) is 16.7 Å². The smallest absolute Gasteiger partial charge is 0.255 e. The van der Waals surface area contributed by atoms with E-state index < -0.39 is 11.6 Å². The van der Waals surface area contributed by atoms with Crippen LogP contribution in [-0.2, 0) is 0 Å². The number of thiophene rings is 1. The normalized spacial score (nSPS) is 13.2. The average molecular weight is 330 g/mol. The number of aromatic amines is 1. The molecule has 0 aliphatic heterocycles. The Morgan fingerprint density at radius 2 is 2.26 bits per heavy atom. The molecule has 0 aliphatic carbocycles. The summed E-state index contributed by atoms with van der Waals surface area (Å²) in [5.74, 6) is -0.288. The predicted octanol–water partition coefficient (Wildman–Crippen LogP) is 2.58. The molecule has 0 bridgehead atoms. The number of amides is 1. The van der Waals surface area contributed by atoms with Gasteiger partial charge in [-0.1, -0.05) is 6.07 Å². The minimum atomic E-state index is -1.00. The van der Waals surface area contributed by atoms with Gasteiger partial charge in [-0.25, -0.2) is 9.97 Å². The summed E-state index contributed by atoms with van der Waals surface area (Å²) < 4.78 is 0. The van der Waals surface area contributed by atoms with E-state index in [0.717, 1.165) is 10.6 Å². The Balaban J connectivity index is 1.95. The molecule has 0 unspecified atom stereocenters. The number of hydrogen-bond acceptors (Lipinski definition) is 5. The van der Waals surface area contributed by atoms with E-state index in [-0.39, 0.29) is 5.91 Å². The van der Waals surface area contributed by atoms with Crippen molar-refractivity contribution in [3.63, 3.8) is 0 Å². The summed E-state index contributed by atoms with van der Waals surface area (Å²) >= 11 is 1.57. The van der Waals surface area contributed by atoms with Crippen LogP contribution in [0.2, 0.25) is 0 Å². The second-order valence-electron chi connectivity index (χ2n) is 5.98. The molecular formula is C16H18N4O2S. The molecule has 3 N–H and O–H groups in total. The van der Waals surface area contributed by atoms with Crippen molar-refractivity contribution in [2.45, 2.75) is 32.4 Å². The van der Waals surface area contributed by atoms with Gasteiger partial charge in [-0.3, -0.25) is 4.79 Å². The molecule has 23 heavy (non-hydrogen) atoms. The third-order valence-electron chi connectivity index (χ3n) is 3.81. The van der Waals surface area contributed by atoms with Gasteiger partial charge in [0, 0.05) is 6.20 Å². The Morgan fingerprint density at radius 3 is 2.91 bits per heavy atom. The van der Waals surface area contributed by atoms with Gasteiger partial charge in [-0.2, -0.15) is 0 Å². The van der Waals surface area contributed by atoms with E-state index >= 15 is 0 Å². The number of carbonyl (C=O) groups is 1. The third-order valence-corrected chi connectivity index (χ3v) is 4.70. The predicted molar refractivity (Wildman–Crippen MR) is 90.4 cm³/mol. The van der Waals surface area contributed by atoms with Crippen LogP contribution in [-0.4, -0.2) is 37.6 Å². The first-order chi connectivity index (χ1) is 10.9. The maximum atomic E-state index is 12.5. The summed E-state index contributed by atoms with van der Waals surface area (Å²) in [5, 5.41) is 14.7. The molecular weight excluding hydrogens is 312 g/mol. The maximum Gasteiger partial charge on any atom is 0.255 e. The maximum absolute atomic E-state index is 12.5. The van der Waals surface area contributed by atoms with Crippen LogP contribution in [0, 0.1) is 0 Å². The molecule has 0 saturated carbocycles. The summed E-state index contributed by atoms with van der Waals surface area (Å²) in [6.07, 6.45) is 3.28. The fourth-order valence-corrected chi connectivity index (χ4v) is 2.74. The summed E-state index contributed by atoms with van der Waals surface area (Å²) in [6.45, 7) is 5.07. The first-order valence-electron chi connectivity index (χ1n) is 7.27. The minimum Gasteiger partial charge on any atom is -0.388 e. The zero-order valence-corrected chi connectivity index (χ0v) is 13.9. The Morgan fingerprint density at radius 1 is 1.48 bits per heavy atom.